The maximum atomic E-state index is 12.6. The van der Waals surface area contributed by atoms with Crippen molar-refractivity contribution in [3.05, 3.63) is 43.8 Å². The Hall–Kier alpha value is -1.86. The molecule has 0 aliphatic carbocycles. The van der Waals surface area contributed by atoms with E-state index in [1.54, 1.807) is 11.3 Å². The number of aliphatic imine (C=N–C) groups is 1. The molecule has 0 radical (unpaired) electrons. The predicted octanol–water partition coefficient (Wildman–Crippen LogP) is 3.19. The Morgan fingerprint density at radius 1 is 1.37 bits per heavy atom. The van der Waals surface area contributed by atoms with E-state index >= 15 is 0 Å². The van der Waals surface area contributed by atoms with Crippen LogP contribution in [0.2, 0.25) is 0 Å². The average molecular weight is 405 g/mol. The highest BCUT2D eigenvalue weighted by molar-refractivity contribution is 7.11. The molecule has 2 aromatic heterocycles. The lowest BCUT2D eigenvalue weighted by Crippen LogP contribution is -2.44. The maximum Gasteiger partial charge on any atom is 0.244 e. The molecule has 5 nitrogen and oxygen atoms in total. The van der Waals surface area contributed by atoms with E-state index in [4.69, 9.17) is 0 Å². The second-order valence-corrected chi connectivity index (χ2v) is 9.26. The first-order valence-corrected chi connectivity index (χ1v) is 11.2. The molecule has 3 heterocycles. The van der Waals surface area contributed by atoms with Crippen LogP contribution in [0.15, 0.2) is 28.6 Å². The van der Waals surface area contributed by atoms with E-state index in [1.807, 2.05) is 23.2 Å². The van der Waals surface area contributed by atoms with Crippen molar-refractivity contribution in [1.29, 1.82) is 0 Å². The number of carbonyl (C=O) groups is 1. The molecule has 2 aromatic rings. The van der Waals surface area contributed by atoms with Crippen LogP contribution in [0.25, 0.3) is 0 Å². The van der Waals surface area contributed by atoms with Crippen molar-refractivity contribution in [2.75, 3.05) is 19.6 Å². The molecular formula is C20H28N4OS2. The highest BCUT2D eigenvalue weighted by atomic mass is 32.1. The lowest BCUT2D eigenvalue weighted by Gasteiger charge is -2.26. The molecule has 0 fully saturated rings. The van der Waals surface area contributed by atoms with Gasteiger partial charge in [0.25, 0.3) is 0 Å². The molecule has 0 aromatic carbocycles. The monoisotopic (exact) mass is 404 g/mol. The zero-order chi connectivity index (χ0) is 19.2. The van der Waals surface area contributed by atoms with Crippen LogP contribution in [0.5, 0.6) is 0 Å². The van der Waals surface area contributed by atoms with Gasteiger partial charge in [-0.25, -0.2) is 4.99 Å². The summed E-state index contributed by atoms with van der Waals surface area (Å²) in [6.07, 6.45) is 1.90. The van der Waals surface area contributed by atoms with Gasteiger partial charge in [0.05, 0.1) is 0 Å². The van der Waals surface area contributed by atoms with Crippen LogP contribution in [-0.4, -0.2) is 42.4 Å². The standard InChI is InChI=1S/C20H28N4OS2/c1-4-21-20(23-14(2)11-17-6-5-15(3)27-17)22-12-19(25)24-9-7-18-16(13-24)8-10-26-18/h5-6,8,10,14H,4,7,9,11-13H2,1-3H3,(H2,21,22,23). The van der Waals surface area contributed by atoms with Gasteiger partial charge < -0.3 is 15.5 Å². The third-order valence-electron chi connectivity index (χ3n) is 4.56. The smallest absolute Gasteiger partial charge is 0.244 e. The fourth-order valence-corrected chi connectivity index (χ4v) is 5.12. The lowest BCUT2D eigenvalue weighted by atomic mass is 10.1. The van der Waals surface area contributed by atoms with Gasteiger partial charge in [-0.2, -0.15) is 0 Å². The molecule has 7 heteroatoms. The first-order chi connectivity index (χ1) is 13.0. The van der Waals surface area contributed by atoms with Crippen molar-refractivity contribution in [3.63, 3.8) is 0 Å². The van der Waals surface area contributed by atoms with Gasteiger partial charge in [0.15, 0.2) is 5.96 Å². The highest BCUT2D eigenvalue weighted by Crippen LogP contribution is 2.24. The van der Waals surface area contributed by atoms with E-state index < -0.39 is 0 Å². The SMILES string of the molecule is CCNC(=NCC(=O)N1CCc2sccc2C1)NC(C)Cc1ccc(C)s1. The molecule has 2 N–H and O–H groups in total. The van der Waals surface area contributed by atoms with Gasteiger partial charge in [-0.05, 0) is 56.3 Å². The van der Waals surface area contributed by atoms with Crippen LogP contribution in [0.1, 0.15) is 34.0 Å². The van der Waals surface area contributed by atoms with Crippen LogP contribution in [0.4, 0.5) is 0 Å². The fourth-order valence-electron chi connectivity index (χ4n) is 3.21. The number of aryl methyl sites for hydroxylation is 1. The summed E-state index contributed by atoms with van der Waals surface area (Å²) in [6, 6.07) is 6.71. The molecule has 0 saturated carbocycles. The predicted molar refractivity (Wildman–Crippen MR) is 115 cm³/mol. The van der Waals surface area contributed by atoms with Crippen molar-refractivity contribution < 1.29 is 4.79 Å². The summed E-state index contributed by atoms with van der Waals surface area (Å²) in [6.45, 7) is 8.77. The maximum absolute atomic E-state index is 12.6. The molecule has 1 amide bonds. The second-order valence-electron chi connectivity index (χ2n) is 6.89. The Balaban J connectivity index is 1.54. The lowest BCUT2D eigenvalue weighted by molar-refractivity contribution is -0.130. The van der Waals surface area contributed by atoms with Gasteiger partial charge in [0.2, 0.25) is 5.91 Å². The van der Waals surface area contributed by atoms with Gasteiger partial charge >= 0.3 is 0 Å². The molecule has 0 bridgehead atoms. The van der Waals surface area contributed by atoms with Crippen LogP contribution >= 0.6 is 22.7 Å². The number of guanidine groups is 1. The van der Waals surface area contributed by atoms with E-state index in [9.17, 15) is 4.79 Å². The number of amides is 1. The summed E-state index contributed by atoms with van der Waals surface area (Å²) in [5.74, 6) is 0.797. The van der Waals surface area contributed by atoms with Gasteiger partial charge in [0, 0.05) is 46.7 Å². The zero-order valence-electron chi connectivity index (χ0n) is 16.2. The van der Waals surface area contributed by atoms with E-state index in [1.165, 1.54) is 20.2 Å². The topological polar surface area (TPSA) is 56.7 Å². The van der Waals surface area contributed by atoms with Crippen molar-refractivity contribution in [1.82, 2.24) is 15.5 Å². The third kappa shape index (κ3) is 5.56. The van der Waals surface area contributed by atoms with Gasteiger partial charge in [-0.1, -0.05) is 0 Å². The molecular weight excluding hydrogens is 376 g/mol. The summed E-state index contributed by atoms with van der Waals surface area (Å²) in [7, 11) is 0. The van der Waals surface area contributed by atoms with E-state index in [0.717, 1.165) is 25.9 Å². The highest BCUT2D eigenvalue weighted by Gasteiger charge is 2.21. The number of rotatable bonds is 6. The Labute approximate surface area is 169 Å². The molecule has 0 spiro atoms. The minimum atomic E-state index is 0.0885. The summed E-state index contributed by atoms with van der Waals surface area (Å²) < 4.78 is 0. The summed E-state index contributed by atoms with van der Waals surface area (Å²) in [5.41, 5.74) is 1.29. The number of nitrogens with one attached hydrogen (secondary N) is 2. The normalized spacial score (nSPS) is 15.4. The van der Waals surface area contributed by atoms with Crippen molar-refractivity contribution in [3.8, 4) is 0 Å². The number of carbonyl (C=O) groups excluding carboxylic acids is 1. The largest absolute Gasteiger partial charge is 0.357 e. The van der Waals surface area contributed by atoms with Gasteiger partial charge in [-0.15, -0.1) is 22.7 Å². The van der Waals surface area contributed by atoms with Crippen LogP contribution in [0, 0.1) is 6.92 Å². The number of hydrogen-bond donors (Lipinski definition) is 2. The molecule has 1 unspecified atom stereocenters. The third-order valence-corrected chi connectivity index (χ3v) is 6.61. The number of nitrogens with zero attached hydrogens (tertiary/aromatic N) is 2. The fraction of sp³-hybridized carbons (Fsp3) is 0.500. The van der Waals surface area contributed by atoms with Crippen LogP contribution in [0.3, 0.4) is 0 Å². The molecule has 1 aliphatic heterocycles. The van der Waals surface area contributed by atoms with E-state index in [0.29, 0.717) is 12.5 Å². The quantitative estimate of drug-likeness (QED) is 0.574. The van der Waals surface area contributed by atoms with Crippen LogP contribution in [-0.2, 0) is 24.2 Å². The Kier molecular flexibility index (Phi) is 6.90. The molecule has 0 saturated heterocycles. The van der Waals surface area contributed by atoms with Crippen LogP contribution < -0.4 is 10.6 Å². The van der Waals surface area contributed by atoms with E-state index in [-0.39, 0.29) is 18.5 Å². The number of fused-ring (bicyclic) bond motifs is 1. The number of hydrogen-bond acceptors (Lipinski definition) is 4. The van der Waals surface area contributed by atoms with Gasteiger partial charge in [0.1, 0.15) is 6.54 Å². The molecule has 146 valence electrons. The zero-order valence-corrected chi connectivity index (χ0v) is 17.9. The van der Waals surface area contributed by atoms with Gasteiger partial charge in [-0.3, -0.25) is 4.79 Å². The Morgan fingerprint density at radius 2 is 2.22 bits per heavy atom. The summed E-state index contributed by atoms with van der Waals surface area (Å²) in [5, 5.41) is 8.78. The molecule has 1 atom stereocenters. The Bertz CT molecular complexity index is 796. The minimum Gasteiger partial charge on any atom is -0.357 e. The van der Waals surface area contributed by atoms with Crippen molar-refractivity contribution in [2.24, 2.45) is 4.99 Å². The van der Waals surface area contributed by atoms with E-state index in [2.05, 4.69) is 53.1 Å². The molecule has 1 aliphatic rings. The van der Waals surface area contributed by atoms with Crippen molar-refractivity contribution >= 4 is 34.5 Å². The summed E-state index contributed by atoms with van der Waals surface area (Å²) in [4.78, 5) is 23.1. The first kappa shape index (κ1) is 19.9. The molecule has 27 heavy (non-hydrogen) atoms. The second kappa shape index (κ2) is 9.37. The Morgan fingerprint density at radius 3 is 2.96 bits per heavy atom. The summed E-state index contributed by atoms with van der Waals surface area (Å²) >= 11 is 3.62. The minimum absolute atomic E-state index is 0.0885. The molecule has 3 rings (SSSR count). The first-order valence-electron chi connectivity index (χ1n) is 9.48. The van der Waals surface area contributed by atoms with Crippen molar-refractivity contribution in [2.45, 2.75) is 46.2 Å². The number of thiophene rings is 2. The average Bonchev–Trinajstić information content (AvgIpc) is 3.27.